The van der Waals surface area contributed by atoms with E-state index in [9.17, 15) is 19.8 Å². The second kappa shape index (κ2) is 8.51. The van der Waals surface area contributed by atoms with Crippen LogP contribution in [0.1, 0.15) is 107 Å². The maximum absolute atomic E-state index is 12.3. The van der Waals surface area contributed by atoms with E-state index in [4.69, 9.17) is 9.47 Å². The van der Waals surface area contributed by atoms with Crippen LogP contribution < -0.4 is 0 Å². The number of Topliss-reactive ketones (excluding diaryl/α,β-unsaturated/α-hetero) is 1. The number of carbonyl (C=O) groups is 2. The van der Waals surface area contributed by atoms with Crippen LogP contribution in [0.4, 0.5) is 0 Å². The minimum absolute atomic E-state index is 0.142. The molecule has 5 aliphatic rings. The van der Waals surface area contributed by atoms with Crippen LogP contribution in [0.25, 0.3) is 0 Å². The van der Waals surface area contributed by atoms with E-state index in [1.54, 1.807) is 13.8 Å². The van der Waals surface area contributed by atoms with Gasteiger partial charge in [0.2, 0.25) is 0 Å². The van der Waals surface area contributed by atoms with Gasteiger partial charge in [-0.25, -0.2) is 0 Å². The lowest BCUT2D eigenvalue weighted by Gasteiger charge is -2.60. The summed E-state index contributed by atoms with van der Waals surface area (Å²) in [4.78, 5) is 24.6. The molecule has 6 heteroatoms. The fourth-order valence-electron chi connectivity index (χ4n) is 10.5. The minimum atomic E-state index is -0.940. The van der Waals surface area contributed by atoms with Crippen molar-refractivity contribution in [1.29, 1.82) is 0 Å². The number of ether oxygens (including phenoxy) is 2. The molecule has 0 aromatic rings. The van der Waals surface area contributed by atoms with E-state index in [1.807, 2.05) is 20.8 Å². The topological polar surface area (TPSA) is 96.4 Å². The standard InChI is InChI=1S/C31H50O6/c1-17(18(2)27(4,5)35)26(36-19(3)32)30(8)31(37-30)25(34)16-24-22-10-9-20-15-21(33)11-13-28(20,6)23(22)12-14-29(24,31)7/h17-18,20,22-26,34-35H,9-16H2,1-8H3. The Morgan fingerprint density at radius 2 is 1.78 bits per heavy atom. The highest BCUT2D eigenvalue weighted by atomic mass is 16.7. The number of hydrogen-bond donors (Lipinski definition) is 2. The summed E-state index contributed by atoms with van der Waals surface area (Å²) >= 11 is 0. The monoisotopic (exact) mass is 518 g/mol. The van der Waals surface area contributed by atoms with E-state index in [0.29, 0.717) is 35.9 Å². The smallest absolute Gasteiger partial charge is 0.303 e. The van der Waals surface area contributed by atoms with E-state index in [1.165, 1.54) is 6.92 Å². The maximum Gasteiger partial charge on any atom is 0.303 e. The van der Waals surface area contributed by atoms with Gasteiger partial charge < -0.3 is 19.7 Å². The summed E-state index contributed by atoms with van der Waals surface area (Å²) in [6.45, 7) is 15.8. The number of epoxide rings is 1. The lowest BCUT2D eigenvalue weighted by molar-refractivity contribution is -0.158. The molecule has 12 atom stereocenters. The van der Waals surface area contributed by atoms with Crippen molar-refractivity contribution >= 4 is 11.8 Å². The Balaban J connectivity index is 1.47. The summed E-state index contributed by atoms with van der Waals surface area (Å²) in [5.41, 5.74) is -2.52. The van der Waals surface area contributed by atoms with Crippen LogP contribution in [0.2, 0.25) is 0 Å². The van der Waals surface area contributed by atoms with Gasteiger partial charge in [0.25, 0.3) is 0 Å². The van der Waals surface area contributed by atoms with Crippen LogP contribution in [0.15, 0.2) is 0 Å². The number of carbonyl (C=O) groups excluding carboxylic acids is 2. The molecule has 37 heavy (non-hydrogen) atoms. The molecule has 2 N–H and O–H groups in total. The first-order valence-corrected chi connectivity index (χ1v) is 14.8. The van der Waals surface area contributed by atoms with Crippen LogP contribution in [-0.4, -0.2) is 51.0 Å². The van der Waals surface area contributed by atoms with E-state index in [-0.39, 0.29) is 28.6 Å². The van der Waals surface area contributed by atoms with Gasteiger partial charge in [-0.05, 0) is 94.3 Å². The summed E-state index contributed by atoms with van der Waals surface area (Å²) in [5, 5.41) is 22.6. The highest BCUT2D eigenvalue weighted by Crippen LogP contribution is 2.76. The van der Waals surface area contributed by atoms with Gasteiger partial charge >= 0.3 is 5.97 Å². The predicted octanol–water partition coefficient (Wildman–Crippen LogP) is 5.07. The van der Waals surface area contributed by atoms with Crippen molar-refractivity contribution in [1.82, 2.24) is 0 Å². The van der Waals surface area contributed by atoms with Gasteiger partial charge in [0.1, 0.15) is 23.1 Å². The molecule has 1 spiro atoms. The molecule has 0 radical (unpaired) electrons. The number of fused-ring (bicyclic) bond motifs is 6. The molecule has 5 rings (SSSR count). The molecule has 4 aliphatic carbocycles. The third-order valence-electron chi connectivity index (χ3n) is 13.0. The first-order valence-electron chi connectivity index (χ1n) is 14.8. The van der Waals surface area contributed by atoms with Crippen molar-refractivity contribution in [2.75, 3.05) is 0 Å². The zero-order valence-corrected chi connectivity index (χ0v) is 24.3. The average molecular weight is 519 g/mol. The van der Waals surface area contributed by atoms with Gasteiger partial charge in [-0.1, -0.05) is 27.7 Å². The zero-order chi connectivity index (χ0) is 27.3. The van der Waals surface area contributed by atoms with Crippen LogP contribution in [-0.2, 0) is 19.1 Å². The quantitative estimate of drug-likeness (QED) is 0.390. The Morgan fingerprint density at radius 1 is 1.11 bits per heavy atom. The largest absolute Gasteiger partial charge is 0.459 e. The molecule has 0 amide bonds. The third kappa shape index (κ3) is 3.67. The summed E-state index contributed by atoms with van der Waals surface area (Å²) in [7, 11) is 0. The second-order valence-corrected chi connectivity index (χ2v) is 14.9. The lowest BCUT2D eigenvalue weighted by Crippen LogP contribution is -2.57. The molecule has 6 nitrogen and oxygen atoms in total. The fourth-order valence-corrected chi connectivity index (χ4v) is 10.5. The van der Waals surface area contributed by atoms with Crippen LogP contribution in [0, 0.1) is 46.3 Å². The molecule has 1 heterocycles. The van der Waals surface area contributed by atoms with Crippen molar-refractivity contribution in [3.63, 3.8) is 0 Å². The Labute approximate surface area is 223 Å². The number of ketones is 1. The molecular weight excluding hydrogens is 468 g/mol. The van der Waals surface area contributed by atoms with Crippen molar-refractivity contribution in [2.45, 2.75) is 136 Å². The van der Waals surface area contributed by atoms with Crippen LogP contribution in [0.5, 0.6) is 0 Å². The van der Waals surface area contributed by atoms with Crippen LogP contribution >= 0.6 is 0 Å². The highest BCUT2D eigenvalue weighted by Gasteiger charge is 2.86. The molecule has 1 saturated heterocycles. The molecule has 1 aliphatic heterocycles. The lowest BCUT2D eigenvalue weighted by atomic mass is 9.44. The maximum atomic E-state index is 12.3. The summed E-state index contributed by atoms with van der Waals surface area (Å²) in [6.07, 6.45) is 6.30. The van der Waals surface area contributed by atoms with Crippen LogP contribution in [0.3, 0.4) is 0 Å². The van der Waals surface area contributed by atoms with E-state index in [0.717, 1.165) is 44.9 Å². The molecule has 0 aromatic carbocycles. The summed E-state index contributed by atoms with van der Waals surface area (Å²) in [6, 6.07) is 0. The zero-order valence-electron chi connectivity index (χ0n) is 24.3. The number of esters is 1. The molecule has 5 fully saturated rings. The number of rotatable bonds is 5. The first kappa shape index (κ1) is 27.6. The van der Waals surface area contributed by atoms with E-state index in [2.05, 4.69) is 13.8 Å². The van der Waals surface area contributed by atoms with Crippen molar-refractivity contribution in [2.24, 2.45) is 46.3 Å². The number of aliphatic hydroxyl groups excluding tert-OH is 1. The second-order valence-electron chi connectivity index (χ2n) is 14.9. The number of hydrogen-bond acceptors (Lipinski definition) is 6. The van der Waals surface area contributed by atoms with Crippen molar-refractivity contribution in [3.05, 3.63) is 0 Å². The normalized spacial score (nSPS) is 49.5. The highest BCUT2D eigenvalue weighted by molar-refractivity contribution is 5.79. The average Bonchev–Trinajstić information content (AvgIpc) is 3.39. The number of aliphatic hydroxyl groups is 2. The van der Waals surface area contributed by atoms with Gasteiger partial charge in [-0.2, -0.15) is 0 Å². The molecule has 0 bridgehead atoms. The SMILES string of the molecule is CC(=O)OC(C(C)C(C)C(C)(C)O)C1(C)OC12C(O)CC1C3CCC4CC(=O)CCC4(C)C3CCC12C. The van der Waals surface area contributed by atoms with Gasteiger partial charge in [0.05, 0.1) is 11.7 Å². The van der Waals surface area contributed by atoms with Gasteiger partial charge in [0.15, 0.2) is 0 Å². The first-order chi connectivity index (χ1) is 17.0. The van der Waals surface area contributed by atoms with Gasteiger partial charge in [0, 0.05) is 31.1 Å². The van der Waals surface area contributed by atoms with Gasteiger partial charge in [-0.3, -0.25) is 9.59 Å². The Hall–Kier alpha value is -0.980. The Morgan fingerprint density at radius 3 is 2.41 bits per heavy atom. The van der Waals surface area contributed by atoms with Gasteiger partial charge in [-0.15, -0.1) is 0 Å². The minimum Gasteiger partial charge on any atom is -0.459 e. The third-order valence-corrected chi connectivity index (χ3v) is 13.0. The predicted molar refractivity (Wildman–Crippen MR) is 141 cm³/mol. The Kier molecular flexibility index (Phi) is 6.34. The van der Waals surface area contributed by atoms with E-state index < -0.39 is 29.0 Å². The molecule has 210 valence electrons. The molecular formula is C31H50O6. The van der Waals surface area contributed by atoms with E-state index >= 15 is 0 Å². The molecule has 0 aromatic heterocycles. The molecule has 12 unspecified atom stereocenters. The summed E-state index contributed by atoms with van der Waals surface area (Å²) in [5.74, 6) is 1.73. The Bertz CT molecular complexity index is 956. The molecule has 4 saturated carbocycles. The van der Waals surface area contributed by atoms with Crippen molar-refractivity contribution < 1.29 is 29.3 Å². The van der Waals surface area contributed by atoms with Crippen molar-refractivity contribution in [3.8, 4) is 0 Å². The fraction of sp³-hybridized carbons (Fsp3) is 0.935. The summed E-state index contributed by atoms with van der Waals surface area (Å²) < 4.78 is 12.8.